The van der Waals surface area contributed by atoms with Crippen LogP contribution in [0.5, 0.6) is 0 Å². The summed E-state index contributed by atoms with van der Waals surface area (Å²) >= 11 is 0. The highest BCUT2D eigenvalue weighted by Crippen LogP contribution is 2.23. The molecule has 1 aliphatic rings. The number of carbonyl (C=O) groups excluding carboxylic acids is 1. The van der Waals surface area contributed by atoms with Gasteiger partial charge in [-0.3, -0.25) is 4.79 Å². The van der Waals surface area contributed by atoms with Crippen molar-refractivity contribution in [2.45, 2.75) is 18.2 Å². The number of aryl methyl sites for hydroxylation is 1. The Kier molecular flexibility index (Phi) is 4.97. The van der Waals surface area contributed by atoms with E-state index in [0.717, 1.165) is 0 Å². The van der Waals surface area contributed by atoms with Crippen molar-refractivity contribution in [3.63, 3.8) is 0 Å². The van der Waals surface area contributed by atoms with Gasteiger partial charge in [0.15, 0.2) is 0 Å². The summed E-state index contributed by atoms with van der Waals surface area (Å²) < 4.78 is 32.1. The third-order valence-electron chi connectivity index (χ3n) is 3.53. The van der Waals surface area contributed by atoms with Crippen LogP contribution in [0.15, 0.2) is 23.1 Å². The first-order chi connectivity index (χ1) is 10.0. The van der Waals surface area contributed by atoms with Crippen LogP contribution in [0.2, 0.25) is 0 Å². The summed E-state index contributed by atoms with van der Waals surface area (Å²) in [6.07, 6.45) is 0.590. The van der Waals surface area contributed by atoms with E-state index in [1.54, 1.807) is 12.1 Å². The lowest BCUT2D eigenvalue weighted by Crippen LogP contribution is -2.41. The van der Waals surface area contributed by atoms with Crippen molar-refractivity contribution in [2.24, 2.45) is 0 Å². The molecule has 0 saturated carbocycles. The average molecular weight is 312 g/mol. The third kappa shape index (κ3) is 3.25. The Labute approximate surface area is 125 Å². The van der Waals surface area contributed by atoms with E-state index in [0.29, 0.717) is 43.9 Å². The maximum absolute atomic E-state index is 12.8. The Morgan fingerprint density at radius 2 is 2.00 bits per heavy atom. The molecule has 0 atom stereocenters. The number of morpholine rings is 1. The molecule has 116 valence electrons. The van der Waals surface area contributed by atoms with Crippen LogP contribution >= 0.6 is 0 Å². The van der Waals surface area contributed by atoms with Gasteiger partial charge in [0.05, 0.1) is 18.1 Å². The standard InChI is InChI=1S/C14H20N2O4S/c1-3-11-4-5-12(14(17)15-2)10-13(11)21(18,19)16-6-8-20-9-7-16/h4-5,10H,3,6-9H2,1-2H3,(H,15,17). The quantitative estimate of drug-likeness (QED) is 0.885. The number of benzene rings is 1. The molecule has 0 spiro atoms. The van der Waals surface area contributed by atoms with E-state index in [4.69, 9.17) is 4.74 Å². The molecule has 0 aliphatic carbocycles. The summed E-state index contributed by atoms with van der Waals surface area (Å²) in [4.78, 5) is 11.9. The fourth-order valence-electron chi connectivity index (χ4n) is 2.30. The van der Waals surface area contributed by atoms with Gasteiger partial charge in [0.25, 0.3) is 5.91 Å². The van der Waals surface area contributed by atoms with Gasteiger partial charge in [0.1, 0.15) is 0 Å². The van der Waals surface area contributed by atoms with Crippen LogP contribution in [0.1, 0.15) is 22.8 Å². The number of carbonyl (C=O) groups is 1. The highest BCUT2D eigenvalue weighted by Gasteiger charge is 2.28. The Balaban J connectivity index is 2.46. The SMILES string of the molecule is CCc1ccc(C(=O)NC)cc1S(=O)(=O)N1CCOCC1. The first-order valence-electron chi connectivity index (χ1n) is 6.93. The zero-order valence-corrected chi connectivity index (χ0v) is 13.1. The summed E-state index contributed by atoms with van der Waals surface area (Å²) in [5, 5.41) is 2.51. The molecule has 1 aliphatic heterocycles. The number of hydrogen-bond acceptors (Lipinski definition) is 4. The van der Waals surface area contributed by atoms with E-state index in [-0.39, 0.29) is 10.8 Å². The topological polar surface area (TPSA) is 75.7 Å². The molecular weight excluding hydrogens is 292 g/mol. The van der Waals surface area contributed by atoms with Gasteiger partial charge >= 0.3 is 0 Å². The second kappa shape index (κ2) is 6.55. The van der Waals surface area contributed by atoms with E-state index in [2.05, 4.69) is 5.32 Å². The molecule has 1 aromatic carbocycles. The van der Waals surface area contributed by atoms with Gasteiger partial charge in [0.2, 0.25) is 10.0 Å². The molecule has 1 fully saturated rings. The smallest absolute Gasteiger partial charge is 0.251 e. The lowest BCUT2D eigenvalue weighted by molar-refractivity contribution is 0.0730. The van der Waals surface area contributed by atoms with Gasteiger partial charge in [-0.1, -0.05) is 13.0 Å². The van der Waals surface area contributed by atoms with Crippen molar-refractivity contribution < 1.29 is 17.9 Å². The van der Waals surface area contributed by atoms with E-state index in [1.807, 2.05) is 6.92 Å². The number of amides is 1. The summed E-state index contributed by atoms with van der Waals surface area (Å²) in [5.74, 6) is -0.295. The zero-order valence-electron chi connectivity index (χ0n) is 12.3. The summed E-state index contributed by atoms with van der Waals surface area (Å²) in [5.41, 5.74) is 1.07. The fourth-order valence-corrected chi connectivity index (χ4v) is 4.03. The third-order valence-corrected chi connectivity index (χ3v) is 5.51. The van der Waals surface area contributed by atoms with Gasteiger partial charge in [-0.05, 0) is 24.1 Å². The molecule has 2 rings (SSSR count). The van der Waals surface area contributed by atoms with Gasteiger partial charge in [-0.2, -0.15) is 4.31 Å². The molecule has 1 N–H and O–H groups in total. The summed E-state index contributed by atoms with van der Waals surface area (Å²) in [6.45, 7) is 3.38. The predicted molar refractivity (Wildman–Crippen MR) is 78.8 cm³/mol. The van der Waals surface area contributed by atoms with E-state index >= 15 is 0 Å². The van der Waals surface area contributed by atoms with Gasteiger partial charge in [0, 0.05) is 25.7 Å². The number of nitrogens with zero attached hydrogens (tertiary/aromatic N) is 1. The minimum atomic E-state index is -3.60. The molecule has 1 aromatic rings. The van der Waals surface area contributed by atoms with Crippen molar-refractivity contribution in [1.29, 1.82) is 0 Å². The number of sulfonamides is 1. The van der Waals surface area contributed by atoms with Gasteiger partial charge in [-0.15, -0.1) is 0 Å². The number of rotatable bonds is 4. The average Bonchev–Trinajstić information content (AvgIpc) is 2.54. The minimum Gasteiger partial charge on any atom is -0.379 e. The van der Waals surface area contributed by atoms with Crippen LogP contribution in [-0.4, -0.2) is 52.0 Å². The molecule has 0 unspecified atom stereocenters. The maximum atomic E-state index is 12.8. The molecule has 1 heterocycles. The second-order valence-corrected chi connectivity index (χ2v) is 6.68. The first kappa shape index (κ1) is 15.9. The molecule has 0 radical (unpaired) electrons. The largest absolute Gasteiger partial charge is 0.379 e. The van der Waals surface area contributed by atoms with E-state index in [9.17, 15) is 13.2 Å². The lowest BCUT2D eigenvalue weighted by Gasteiger charge is -2.27. The molecule has 6 nitrogen and oxygen atoms in total. The van der Waals surface area contributed by atoms with Crippen molar-refractivity contribution in [3.05, 3.63) is 29.3 Å². The van der Waals surface area contributed by atoms with Crippen LogP contribution < -0.4 is 5.32 Å². The number of hydrogen-bond donors (Lipinski definition) is 1. The zero-order chi connectivity index (χ0) is 15.5. The van der Waals surface area contributed by atoms with Crippen LogP contribution in [0.4, 0.5) is 0 Å². The summed E-state index contributed by atoms with van der Waals surface area (Å²) in [7, 11) is -2.08. The Morgan fingerprint density at radius 3 is 2.57 bits per heavy atom. The Bertz CT molecular complexity index is 622. The molecule has 0 bridgehead atoms. The highest BCUT2D eigenvalue weighted by atomic mass is 32.2. The van der Waals surface area contributed by atoms with E-state index < -0.39 is 10.0 Å². The molecule has 21 heavy (non-hydrogen) atoms. The number of ether oxygens (including phenoxy) is 1. The van der Waals surface area contributed by atoms with E-state index in [1.165, 1.54) is 17.4 Å². The Morgan fingerprint density at radius 1 is 1.33 bits per heavy atom. The molecule has 1 amide bonds. The predicted octanol–water partition coefficient (Wildman–Crippen LogP) is 0.629. The van der Waals surface area contributed by atoms with Crippen LogP contribution in [-0.2, 0) is 21.2 Å². The minimum absolute atomic E-state index is 0.216. The van der Waals surface area contributed by atoms with Crippen LogP contribution in [0.25, 0.3) is 0 Å². The van der Waals surface area contributed by atoms with Crippen molar-refractivity contribution in [1.82, 2.24) is 9.62 Å². The monoisotopic (exact) mass is 312 g/mol. The van der Waals surface area contributed by atoms with Crippen molar-refractivity contribution in [2.75, 3.05) is 33.4 Å². The second-order valence-electron chi connectivity index (χ2n) is 4.77. The normalized spacial score (nSPS) is 16.7. The molecular formula is C14H20N2O4S. The van der Waals surface area contributed by atoms with Crippen LogP contribution in [0.3, 0.4) is 0 Å². The molecule has 1 saturated heterocycles. The maximum Gasteiger partial charge on any atom is 0.251 e. The highest BCUT2D eigenvalue weighted by molar-refractivity contribution is 7.89. The van der Waals surface area contributed by atoms with Gasteiger partial charge in [-0.25, -0.2) is 8.42 Å². The fraction of sp³-hybridized carbons (Fsp3) is 0.500. The first-order valence-corrected chi connectivity index (χ1v) is 8.37. The van der Waals surface area contributed by atoms with Crippen molar-refractivity contribution >= 4 is 15.9 Å². The molecule has 0 aromatic heterocycles. The van der Waals surface area contributed by atoms with Crippen LogP contribution in [0, 0.1) is 0 Å². The van der Waals surface area contributed by atoms with Gasteiger partial charge < -0.3 is 10.1 Å². The Hall–Kier alpha value is -1.44. The summed E-state index contributed by atoms with van der Waals surface area (Å²) in [6, 6.07) is 4.82. The van der Waals surface area contributed by atoms with Crippen molar-refractivity contribution in [3.8, 4) is 0 Å². The lowest BCUT2D eigenvalue weighted by atomic mass is 10.1. The number of nitrogens with one attached hydrogen (secondary N) is 1. The molecule has 7 heteroatoms.